The van der Waals surface area contributed by atoms with Crippen molar-refractivity contribution >= 4 is 23.0 Å². The Balaban J connectivity index is 2.26. The number of nitrogens with two attached hydrogens (primary N) is 1. The van der Waals surface area contributed by atoms with Crippen LogP contribution in [-0.4, -0.2) is 15.0 Å². The second kappa shape index (κ2) is 5.13. The molecular formula is C13H19N5S. The molecule has 0 aliphatic carbocycles. The van der Waals surface area contributed by atoms with Crippen molar-refractivity contribution in [3.63, 3.8) is 0 Å². The molecule has 19 heavy (non-hydrogen) atoms. The minimum atomic E-state index is -0.126. The second-order valence-corrected chi connectivity index (χ2v) is 6.41. The van der Waals surface area contributed by atoms with E-state index in [1.807, 2.05) is 12.3 Å². The zero-order chi connectivity index (χ0) is 14.0. The van der Waals surface area contributed by atoms with E-state index in [1.54, 1.807) is 17.5 Å². The average Bonchev–Trinajstić information content (AvgIpc) is 2.82. The van der Waals surface area contributed by atoms with Crippen LogP contribution in [0, 0.1) is 6.92 Å². The molecule has 6 heteroatoms. The summed E-state index contributed by atoms with van der Waals surface area (Å²) in [7, 11) is 0. The van der Waals surface area contributed by atoms with Gasteiger partial charge in [-0.1, -0.05) is 20.8 Å². The molecule has 2 heterocycles. The molecule has 0 spiro atoms. The van der Waals surface area contributed by atoms with Gasteiger partial charge < -0.3 is 11.1 Å². The molecule has 2 rings (SSSR count). The van der Waals surface area contributed by atoms with Gasteiger partial charge in [0.15, 0.2) is 0 Å². The number of hydrogen-bond donors (Lipinski definition) is 2. The Morgan fingerprint density at radius 2 is 2.05 bits per heavy atom. The highest BCUT2D eigenvalue weighted by Crippen LogP contribution is 2.25. The number of hydrogen-bond acceptors (Lipinski definition) is 6. The van der Waals surface area contributed by atoms with Crippen LogP contribution in [0.15, 0.2) is 11.6 Å². The number of thiazole rings is 1. The summed E-state index contributed by atoms with van der Waals surface area (Å²) >= 11 is 1.61. The molecule has 0 fully saturated rings. The van der Waals surface area contributed by atoms with Gasteiger partial charge in [0.2, 0.25) is 0 Å². The van der Waals surface area contributed by atoms with Crippen LogP contribution >= 0.6 is 11.3 Å². The van der Waals surface area contributed by atoms with Crippen LogP contribution in [0.25, 0.3) is 0 Å². The summed E-state index contributed by atoms with van der Waals surface area (Å²) in [5.74, 6) is 2.06. The average molecular weight is 277 g/mol. The second-order valence-electron chi connectivity index (χ2n) is 5.44. The Bertz CT molecular complexity index is 557. The van der Waals surface area contributed by atoms with Crippen molar-refractivity contribution in [1.29, 1.82) is 0 Å². The van der Waals surface area contributed by atoms with Gasteiger partial charge in [-0.15, -0.1) is 11.3 Å². The molecule has 0 bridgehead atoms. The Kier molecular flexibility index (Phi) is 3.71. The van der Waals surface area contributed by atoms with Crippen LogP contribution < -0.4 is 11.1 Å². The van der Waals surface area contributed by atoms with Crippen molar-refractivity contribution in [2.75, 3.05) is 11.1 Å². The topological polar surface area (TPSA) is 76.7 Å². The van der Waals surface area contributed by atoms with Gasteiger partial charge in [-0.2, -0.15) is 0 Å². The fourth-order valence-corrected chi connectivity index (χ4v) is 2.10. The van der Waals surface area contributed by atoms with Crippen molar-refractivity contribution in [3.8, 4) is 0 Å². The number of aromatic nitrogens is 3. The Labute approximate surface area is 117 Å². The van der Waals surface area contributed by atoms with E-state index in [2.05, 4.69) is 41.0 Å². The van der Waals surface area contributed by atoms with Crippen molar-refractivity contribution in [3.05, 3.63) is 28.0 Å². The molecule has 0 saturated carbocycles. The summed E-state index contributed by atoms with van der Waals surface area (Å²) in [6.07, 6.45) is 1.80. The van der Waals surface area contributed by atoms with E-state index in [0.717, 1.165) is 22.2 Å². The standard InChI is InChI=1S/C13H19N5S/c1-8-10(14)17-12(13(2,3)4)18-11(8)16-7-9-15-5-6-19-9/h5-6H,7H2,1-4H3,(H3,14,16,17,18). The van der Waals surface area contributed by atoms with Crippen LogP contribution in [0.3, 0.4) is 0 Å². The molecule has 2 aromatic heterocycles. The van der Waals surface area contributed by atoms with Gasteiger partial charge in [0.05, 0.1) is 6.54 Å². The lowest BCUT2D eigenvalue weighted by atomic mass is 9.95. The molecular weight excluding hydrogens is 258 g/mol. The highest BCUT2D eigenvalue weighted by atomic mass is 32.1. The third kappa shape index (κ3) is 3.20. The minimum Gasteiger partial charge on any atom is -0.383 e. The monoisotopic (exact) mass is 277 g/mol. The van der Waals surface area contributed by atoms with E-state index < -0.39 is 0 Å². The zero-order valence-electron chi connectivity index (χ0n) is 11.7. The van der Waals surface area contributed by atoms with Crippen LogP contribution in [-0.2, 0) is 12.0 Å². The molecule has 0 aromatic carbocycles. The van der Waals surface area contributed by atoms with Crippen LogP contribution in [0.1, 0.15) is 37.2 Å². The van der Waals surface area contributed by atoms with E-state index in [9.17, 15) is 0 Å². The molecule has 0 atom stereocenters. The van der Waals surface area contributed by atoms with E-state index in [1.165, 1.54) is 0 Å². The van der Waals surface area contributed by atoms with Gasteiger partial charge in [0.1, 0.15) is 22.5 Å². The first-order valence-corrected chi connectivity index (χ1v) is 7.02. The molecule has 3 N–H and O–H groups in total. The zero-order valence-corrected chi connectivity index (χ0v) is 12.5. The van der Waals surface area contributed by atoms with Crippen LogP contribution in [0.5, 0.6) is 0 Å². The summed E-state index contributed by atoms with van der Waals surface area (Å²) in [5.41, 5.74) is 6.72. The summed E-state index contributed by atoms with van der Waals surface area (Å²) in [5, 5.41) is 6.26. The van der Waals surface area contributed by atoms with Gasteiger partial charge in [0.25, 0.3) is 0 Å². The van der Waals surface area contributed by atoms with Gasteiger partial charge in [-0.25, -0.2) is 15.0 Å². The Morgan fingerprint density at radius 1 is 1.32 bits per heavy atom. The molecule has 0 saturated heterocycles. The maximum Gasteiger partial charge on any atom is 0.138 e. The summed E-state index contributed by atoms with van der Waals surface area (Å²) < 4.78 is 0. The maximum atomic E-state index is 5.96. The quantitative estimate of drug-likeness (QED) is 0.902. The smallest absolute Gasteiger partial charge is 0.138 e. The minimum absolute atomic E-state index is 0.126. The van der Waals surface area contributed by atoms with Crippen molar-refractivity contribution in [1.82, 2.24) is 15.0 Å². The van der Waals surface area contributed by atoms with Crippen molar-refractivity contribution < 1.29 is 0 Å². The van der Waals surface area contributed by atoms with E-state index in [-0.39, 0.29) is 5.41 Å². The molecule has 0 unspecified atom stereocenters. The first-order valence-electron chi connectivity index (χ1n) is 6.15. The Morgan fingerprint density at radius 3 is 2.63 bits per heavy atom. The number of anilines is 2. The molecule has 0 aliphatic heterocycles. The summed E-state index contributed by atoms with van der Waals surface area (Å²) in [4.78, 5) is 13.2. The highest BCUT2D eigenvalue weighted by molar-refractivity contribution is 7.09. The lowest BCUT2D eigenvalue weighted by Gasteiger charge is -2.19. The maximum absolute atomic E-state index is 5.96. The van der Waals surface area contributed by atoms with Crippen molar-refractivity contribution in [2.45, 2.75) is 39.7 Å². The lowest BCUT2D eigenvalue weighted by molar-refractivity contribution is 0.546. The van der Waals surface area contributed by atoms with E-state index >= 15 is 0 Å². The summed E-state index contributed by atoms with van der Waals surface area (Å²) in [6.45, 7) is 8.79. The summed E-state index contributed by atoms with van der Waals surface area (Å²) in [6, 6.07) is 0. The third-order valence-electron chi connectivity index (χ3n) is 2.74. The normalized spacial score (nSPS) is 11.6. The third-order valence-corrected chi connectivity index (χ3v) is 3.52. The first-order chi connectivity index (χ1) is 8.88. The molecule has 0 aliphatic rings. The van der Waals surface area contributed by atoms with Crippen molar-refractivity contribution in [2.24, 2.45) is 0 Å². The van der Waals surface area contributed by atoms with Gasteiger partial charge >= 0.3 is 0 Å². The number of nitrogen functional groups attached to an aromatic ring is 1. The van der Waals surface area contributed by atoms with Crippen LogP contribution in [0.4, 0.5) is 11.6 Å². The molecule has 2 aromatic rings. The van der Waals surface area contributed by atoms with E-state index in [0.29, 0.717) is 12.4 Å². The fourth-order valence-electron chi connectivity index (χ4n) is 1.54. The predicted molar refractivity (Wildman–Crippen MR) is 79.3 cm³/mol. The van der Waals surface area contributed by atoms with Gasteiger partial charge in [0, 0.05) is 22.6 Å². The Hall–Kier alpha value is -1.69. The van der Waals surface area contributed by atoms with Gasteiger partial charge in [-0.05, 0) is 6.92 Å². The number of nitrogens with zero attached hydrogens (tertiary/aromatic N) is 3. The predicted octanol–water partition coefficient (Wildman–Crippen LogP) is 2.73. The molecule has 5 nitrogen and oxygen atoms in total. The highest BCUT2D eigenvalue weighted by Gasteiger charge is 2.20. The lowest BCUT2D eigenvalue weighted by Crippen LogP contribution is -2.19. The molecule has 0 radical (unpaired) electrons. The van der Waals surface area contributed by atoms with E-state index in [4.69, 9.17) is 5.73 Å². The van der Waals surface area contributed by atoms with Gasteiger partial charge in [-0.3, -0.25) is 0 Å². The SMILES string of the molecule is Cc1c(N)nc(C(C)(C)C)nc1NCc1nccs1. The number of rotatable bonds is 3. The molecule has 102 valence electrons. The largest absolute Gasteiger partial charge is 0.383 e. The first kappa shape index (κ1) is 13.7. The fraction of sp³-hybridized carbons (Fsp3) is 0.462. The molecule has 0 amide bonds. The number of nitrogens with one attached hydrogen (secondary N) is 1. The van der Waals surface area contributed by atoms with Crippen LogP contribution in [0.2, 0.25) is 0 Å².